The van der Waals surface area contributed by atoms with Gasteiger partial charge in [0.05, 0.1) is 29.8 Å². The molecular formula is C23H24Cl2N4O5S. The van der Waals surface area contributed by atoms with Crippen molar-refractivity contribution in [3.8, 4) is 17.4 Å². The van der Waals surface area contributed by atoms with Gasteiger partial charge in [-0.1, -0.05) is 44.0 Å². The Balaban J connectivity index is 1.99. The van der Waals surface area contributed by atoms with Crippen molar-refractivity contribution in [2.75, 3.05) is 23.4 Å². The first kappa shape index (κ1) is 26.5. The minimum Gasteiger partial charge on any atom is -0.492 e. The van der Waals surface area contributed by atoms with Crippen LogP contribution in [0.25, 0.3) is 0 Å². The number of sulfonamides is 1. The third-order valence-electron chi connectivity index (χ3n) is 4.72. The summed E-state index contributed by atoms with van der Waals surface area (Å²) in [5.74, 6) is 0.00385. The van der Waals surface area contributed by atoms with Crippen molar-refractivity contribution in [2.45, 2.75) is 26.2 Å². The summed E-state index contributed by atoms with van der Waals surface area (Å²) in [7, 11) is -2.22. The average molecular weight is 539 g/mol. The first-order valence-corrected chi connectivity index (χ1v) is 12.9. The van der Waals surface area contributed by atoms with E-state index in [1.54, 1.807) is 12.1 Å². The molecule has 0 fully saturated rings. The van der Waals surface area contributed by atoms with E-state index in [0.717, 1.165) is 11.8 Å². The van der Waals surface area contributed by atoms with Gasteiger partial charge in [-0.2, -0.15) is 0 Å². The summed E-state index contributed by atoms with van der Waals surface area (Å²) in [6, 6.07) is 9.30. The summed E-state index contributed by atoms with van der Waals surface area (Å²) in [5, 5.41) is 3.23. The van der Waals surface area contributed by atoms with Crippen LogP contribution in [0, 0.1) is 0 Å². The van der Waals surface area contributed by atoms with Gasteiger partial charge >= 0.3 is 0 Å². The molecule has 12 heteroatoms. The largest absolute Gasteiger partial charge is 0.492 e. The van der Waals surface area contributed by atoms with E-state index in [2.05, 4.69) is 20.0 Å². The fourth-order valence-electron chi connectivity index (χ4n) is 3.05. The van der Waals surface area contributed by atoms with Crippen molar-refractivity contribution < 1.29 is 22.7 Å². The quantitative estimate of drug-likeness (QED) is 0.380. The minimum atomic E-state index is -3.61. The number of anilines is 2. The first-order chi connectivity index (χ1) is 16.3. The highest BCUT2D eigenvalue weighted by Gasteiger charge is 2.23. The second kappa shape index (κ2) is 10.3. The van der Waals surface area contributed by atoms with Gasteiger partial charge in [-0.05, 0) is 41.3 Å². The van der Waals surface area contributed by atoms with Gasteiger partial charge in [-0.3, -0.25) is 9.52 Å². The van der Waals surface area contributed by atoms with Crippen molar-refractivity contribution in [2.24, 2.45) is 0 Å². The second-order valence-corrected chi connectivity index (χ2v) is 11.2. The number of benzene rings is 2. The Morgan fingerprint density at radius 1 is 1.03 bits per heavy atom. The number of hydrogen-bond donors (Lipinski definition) is 2. The normalized spacial score (nSPS) is 11.6. The molecule has 3 rings (SSSR count). The lowest BCUT2D eigenvalue weighted by Crippen LogP contribution is -2.18. The Morgan fingerprint density at radius 2 is 1.71 bits per heavy atom. The third kappa shape index (κ3) is 6.97. The van der Waals surface area contributed by atoms with Crippen LogP contribution in [0.3, 0.4) is 0 Å². The number of carbonyl (C=O) groups excluding carboxylic acids is 1. The smallest absolute Gasteiger partial charge is 0.255 e. The van der Waals surface area contributed by atoms with Crippen LogP contribution in [0.1, 0.15) is 36.7 Å². The highest BCUT2D eigenvalue weighted by molar-refractivity contribution is 7.92. The molecule has 0 saturated carbocycles. The zero-order valence-corrected chi connectivity index (χ0v) is 22.0. The van der Waals surface area contributed by atoms with Gasteiger partial charge in [-0.25, -0.2) is 18.4 Å². The van der Waals surface area contributed by atoms with Crippen molar-refractivity contribution >= 4 is 50.5 Å². The van der Waals surface area contributed by atoms with E-state index in [1.807, 2.05) is 20.8 Å². The van der Waals surface area contributed by atoms with Gasteiger partial charge in [0.25, 0.3) is 5.91 Å². The first-order valence-electron chi connectivity index (χ1n) is 10.2. The SMILES string of the molecule is COc1c(NC(=O)c2ccc(Cl)c(Oc3cc(Cl)ncn3)c2)cc(C(C)(C)C)cc1NS(C)(=O)=O. The topological polar surface area (TPSA) is 120 Å². The number of nitrogens with one attached hydrogen (secondary N) is 2. The second-order valence-electron chi connectivity index (χ2n) is 8.61. The molecule has 0 aliphatic heterocycles. The summed E-state index contributed by atoms with van der Waals surface area (Å²) in [6.45, 7) is 5.90. The number of carbonyl (C=O) groups is 1. The number of hydrogen-bond acceptors (Lipinski definition) is 7. The van der Waals surface area contributed by atoms with Crippen molar-refractivity contribution in [3.05, 3.63) is 64.0 Å². The third-order valence-corrected chi connectivity index (χ3v) is 5.83. The fraction of sp³-hybridized carbons (Fsp3) is 0.261. The molecule has 1 aromatic heterocycles. The number of amides is 1. The van der Waals surface area contributed by atoms with Crippen LogP contribution in [0.2, 0.25) is 10.2 Å². The summed E-state index contributed by atoms with van der Waals surface area (Å²) < 4.78 is 37.4. The Labute approximate surface area is 213 Å². The number of aromatic nitrogens is 2. The molecule has 3 aromatic rings. The van der Waals surface area contributed by atoms with E-state index in [9.17, 15) is 13.2 Å². The molecule has 0 radical (unpaired) electrons. The maximum absolute atomic E-state index is 13.2. The number of nitrogens with zero attached hydrogens (tertiary/aromatic N) is 2. The highest BCUT2D eigenvalue weighted by atomic mass is 35.5. The van der Waals surface area contributed by atoms with Crippen LogP contribution in [0.4, 0.5) is 11.4 Å². The average Bonchev–Trinajstić information content (AvgIpc) is 2.73. The van der Waals surface area contributed by atoms with Gasteiger partial charge < -0.3 is 14.8 Å². The molecule has 0 saturated heterocycles. The van der Waals surface area contributed by atoms with Crippen LogP contribution in [-0.2, 0) is 15.4 Å². The molecule has 0 atom stereocenters. The lowest BCUT2D eigenvalue weighted by Gasteiger charge is -2.24. The standard InChI is InChI=1S/C23H24Cl2N4O5S/c1-23(2,3)14-9-16(21(33-4)17(10-14)29-35(5,31)32)28-22(30)13-6-7-15(24)18(8-13)34-20-11-19(25)26-12-27-20/h6-12,29H,1-5H3,(H,28,30). The fourth-order valence-corrected chi connectivity index (χ4v) is 3.90. The maximum Gasteiger partial charge on any atom is 0.255 e. The molecule has 1 heterocycles. The zero-order valence-electron chi connectivity index (χ0n) is 19.6. The molecule has 0 aliphatic carbocycles. The van der Waals surface area contributed by atoms with Gasteiger partial charge in [-0.15, -0.1) is 0 Å². The van der Waals surface area contributed by atoms with Gasteiger partial charge in [0.2, 0.25) is 15.9 Å². The van der Waals surface area contributed by atoms with Gasteiger partial charge in [0.15, 0.2) is 5.75 Å². The summed E-state index contributed by atoms with van der Waals surface area (Å²) >= 11 is 12.1. The van der Waals surface area contributed by atoms with Crippen molar-refractivity contribution in [3.63, 3.8) is 0 Å². The minimum absolute atomic E-state index is 0.153. The number of ether oxygens (including phenoxy) is 2. The molecule has 35 heavy (non-hydrogen) atoms. The van der Waals surface area contributed by atoms with Crippen LogP contribution >= 0.6 is 23.2 Å². The van der Waals surface area contributed by atoms with Crippen LogP contribution in [0.5, 0.6) is 17.4 Å². The Bertz CT molecular complexity index is 1370. The van der Waals surface area contributed by atoms with E-state index < -0.39 is 15.9 Å². The molecule has 1 amide bonds. The molecule has 2 N–H and O–H groups in total. The molecule has 186 valence electrons. The molecular weight excluding hydrogens is 515 g/mol. The molecule has 0 unspecified atom stereocenters. The van der Waals surface area contributed by atoms with Crippen LogP contribution < -0.4 is 19.5 Å². The zero-order chi connectivity index (χ0) is 26.0. The lowest BCUT2D eigenvalue weighted by atomic mass is 9.86. The van der Waals surface area contributed by atoms with E-state index in [0.29, 0.717) is 0 Å². The van der Waals surface area contributed by atoms with E-state index in [-0.39, 0.29) is 49.9 Å². The van der Waals surface area contributed by atoms with Crippen LogP contribution in [-0.4, -0.2) is 37.7 Å². The number of rotatable bonds is 7. The Morgan fingerprint density at radius 3 is 2.31 bits per heavy atom. The molecule has 0 spiro atoms. The lowest BCUT2D eigenvalue weighted by molar-refractivity contribution is 0.102. The number of methoxy groups -OCH3 is 1. The highest BCUT2D eigenvalue weighted by Crippen LogP contribution is 2.39. The van der Waals surface area contributed by atoms with Crippen LogP contribution in [0.15, 0.2) is 42.7 Å². The monoisotopic (exact) mass is 538 g/mol. The molecule has 9 nitrogen and oxygen atoms in total. The van der Waals surface area contributed by atoms with E-state index >= 15 is 0 Å². The molecule has 0 aliphatic rings. The summed E-state index contributed by atoms with van der Waals surface area (Å²) in [6.07, 6.45) is 2.27. The van der Waals surface area contributed by atoms with Gasteiger partial charge in [0.1, 0.15) is 17.2 Å². The van der Waals surface area contributed by atoms with E-state index in [1.165, 1.54) is 37.7 Å². The molecule has 2 aromatic carbocycles. The van der Waals surface area contributed by atoms with E-state index in [4.69, 9.17) is 32.7 Å². The maximum atomic E-state index is 13.2. The molecule has 0 bridgehead atoms. The summed E-state index contributed by atoms with van der Waals surface area (Å²) in [4.78, 5) is 20.9. The predicted octanol–water partition coefficient (Wildman–Crippen LogP) is 5.51. The van der Waals surface area contributed by atoms with Crippen molar-refractivity contribution in [1.82, 2.24) is 9.97 Å². The summed E-state index contributed by atoms with van der Waals surface area (Å²) in [5.41, 5.74) is 1.15. The Hall–Kier alpha value is -3.08. The van der Waals surface area contributed by atoms with Crippen molar-refractivity contribution in [1.29, 1.82) is 0 Å². The predicted molar refractivity (Wildman–Crippen MR) is 137 cm³/mol. The Kier molecular flexibility index (Phi) is 7.78. The number of halogens is 2. The van der Waals surface area contributed by atoms with Gasteiger partial charge in [0, 0.05) is 11.6 Å².